The Kier molecular flexibility index (Phi) is 6.17. The van der Waals surface area contributed by atoms with Crippen molar-refractivity contribution < 1.29 is 4.74 Å². The monoisotopic (exact) mass is 417 g/mol. The number of hydrogen-bond donors (Lipinski definition) is 1. The summed E-state index contributed by atoms with van der Waals surface area (Å²) in [5, 5.41) is 14.1. The Hall–Kier alpha value is -2.68. The van der Waals surface area contributed by atoms with Gasteiger partial charge in [-0.3, -0.25) is 0 Å². The molecule has 4 rings (SSSR count). The van der Waals surface area contributed by atoms with Crippen LogP contribution >= 0.6 is 11.3 Å². The molecule has 1 atom stereocenters. The number of fused-ring (bicyclic) bond motifs is 1. The molecule has 1 heterocycles. The van der Waals surface area contributed by atoms with Gasteiger partial charge in [-0.15, -0.1) is 11.3 Å². The Labute approximate surface area is 182 Å². The maximum absolute atomic E-state index is 9.53. The molecule has 2 aromatic carbocycles. The van der Waals surface area contributed by atoms with E-state index in [-0.39, 0.29) is 6.10 Å². The molecule has 0 spiro atoms. The topological polar surface area (TPSA) is 57.9 Å². The van der Waals surface area contributed by atoms with Crippen molar-refractivity contribution in [3.63, 3.8) is 0 Å². The first-order chi connectivity index (χ1) is 14.6. The molecule has 1 aliphatic carbocycles. The summed E-state index contributed by atoms with van der Waals surface area (Å²) in [7, 11) is 0. The van der Waals surface area contributed by atoms with Crippen LogP contribution in [-0.4, -0.2) is 17.6 Å². The number of benzene rings is 2. The normalized spacial score (nSPS) is 15.2. The molecule has 3 aromatic rings. The highest BCUT2D eigenvalue weighted by Crippen LogP contribution is 2.41. The van der Waals surface area contributed by atoms with Crippen LogP contribution < -0.4 is 10.1 Å². The molecule has 0 saturated carbocycles. The van der Waals surface area contributed by atoms with Crippen molar-refractivity contribution in [2.24, 2.45) is 0 Å². The zero-order chi connectivity index (χ0) is 21.1. The van der Waals surface area contributed by atoms with Crippen molar-refractivity contribution in [3.05, 3.63) is 59.3 Å². The smallest absolute Gasteiger partial charge is 0.137 e. The summed E-state index contributed by atoms with van der Waals surface area (Å²) in [4.78, 5) is 5.86. The van der Waals surface area contributed by atoms with Crippen LogP contribution in [0.4, 0.5) is 0 Å². The number of rotatable bonds is 7. The highest BCUT2D eigenvalue weighted by atomic mass is 32.1. The molecule has 0 fully saturated rings. The Bertz CT molecular complexity index is 1080. The molecule has 0 aliphatic heterocycles. The third-order valence-electron chi connectivity index (χ3n) is 5.39. The van der Waals surface area contributed by atoms with Crippen LogP contribution in [0.5, 0.6) is 5.75 Å². The van der Waals surface area contributed by atoms with Gasteiger partial charge in [-0.25, -0.2) is 4.98 Å². The number of ether oxygens (including phenoxy) is 1. The number of hydrogen-bond acceptors (Lipinski definition) is 5. The van der Waals surface area contributed by atoms with Crippen molar-refractivity contribution in [2.75, 3.05) is 6.54 Å². The number of nitrogens with one attached hydrogen (secondary N) is 1. The van der Waals surface area contributed by atoms with Crippen molar-refractivity contribution in [1.82, 2.24) is 10.3 Å². The summed E-state index contributed by atoms with van der Waals surface area (Å²) < 4.78 is 5.74. The summed E-state index contributed by atoms with van der Waals surface area (Å²) in [6.45, 7) is 7.18. The first-order valence-electron chi connectivity index (χ1n) is 10.6. The molecule has 0 saturated heterocycles. The van der Waals surface area contributed by atoms with E-state index in [0.717, 1.165) is 36.4 Å². The van der Waals surface area contributed by atoms with Gasteiger partial charge in [0.1, 0.15) is 16.8 Å². The molecule has 0 unspecified atom stereocenters. The molecule has 5 heteroatoms. The predicted molar refractivity (Wildman–Crippen MR) is 123 cm³/mol. The zero-order valence-corrected chi connectivity index (χ0v) is 18.6. The molecular weight excluding hydrogens is 390 g/mol. The van der Waals surface area contributed by atoms with Gasteiger partial charge in [-0.05, 0) is 74.5 Å². The van der Waals surface area contributed by atoms with E-state index < -0.39 is 0 Å². The maximum atomic E-state index is 9.53. The van der Waals surface area contributed by atoms with Gasteiger partial charge in [0.05, 0.1) is 16.5 Å². The van der Waals surface area contributed by atoms with Crippen molar-refractivity contribution in [3.8, 4) is 32.8 Å². The van der Waals surface area contributed by atoms with Crippen molar-refractivity contribution in [1.29, 1.82) is 5.26 Å². The van der Waals surface area contributed by atoms with Crippen molar-refractivity contribution >= 4 is 11.3 Å². The molecule has 1 N–H and O–H groups in total. The summed E-state index contributed by atoms with van der Waals surface area (Å²) in [6.07, 6.45) is 5.40. The minimum absolute atomic E-state index is 0.0326. The number of thiazole rings is 1. The molecule has 1 aromatic heterocycles. The Morgan fingerprint density at radius 1 is 1.30 bits per heavy atom. The van der Waals surface area contributed by atoms with E-state index in [1.54, 1.807) is 11.3 Å². The lowest BCUT2D eigenvalue weighted by Gasteiger charge is -2.14. The van der Waals surface area contributed by atoms with Crippen LogP contribution in [0.25, 0.3) is 21.0 Å². The lowest BCUT2D eigenvalue weighted by molar-refractivity contribution is 0.242. The fourth-order valence-electron chi connectivity index (χ4n) is 4.05. The van der Waals surface area contributed by atoms with Crippen molar-refractivity contribution in [2.45, 2.75) is 52.2 Å². The number of nitrogens with zero attached hydrogens (tertiary/aromatic N) is 2. The molecular formula is C25H27N3OS. The van der Waals surface area contributed by atoms with Crippen LogP contribution in [0.15, 0.2) is 42.6 Å². The van der Waals surface area contributed by atoms with Crippen LogP contribution in [0, 0.1) is 11.3 Å². The summed E-state index contributed by atoms with van der Waals surface area (Å²) in [5.74, 6) is 0.625. The molecule has 0 bridgehead atoms. The molecule has 154 valence electrons. The number of nitriles is 1. The van der Waals surface area contributed by atoms with E-state index in [0.29, 0.717) is 17.4 Å². The summed E-state index contributed by atoms with van der Waals surface area (Å²) in [6, 6.07) is 15.1. The van der Waals surface area contributed by atoms with Gasteiger partial charge in [0, 0.05) is 17.8 Å². The average Bonchev–Trinajstić information content (AvgIpc) is 3.39. The van der Waals surface area contributed by atoms with E-state index in [1.165, 1.54) is 21.6 Å². The van der Waals surface area contributed by atoms with Crippen LogP contribution in [0.1, 0.15) is 56.3 Å². The van der Waals surface area contributed by atoms with Gasteiger partial charge in [-0.1, -0.05) is 25.1 Å². The van der Waals surface area contributed by atoms with Gasteiger partial charge in [-0.2, -0.15) is 5.26 Å². The van der Waals surface area contributed by atoms with Gasteiger partial charge >= 0.3 is 0 Å². The predicted octanol–water partition coefficient (Wildman–Crippen LogP) is 6.12. The quantitative estimate of drug-likeness (QED) is 0.503. The fraction of sp³-hybridized carbons (Fsp3) is 0.360. The standard InChI is InChI=1S/C25H27N3OS/c1-4-12-27-22-10-9-19-20(22)6-5-7-21(19)24-15-28-25(30-24)17-8-11-23(29-16(2)3)18(13-17)14-26/h5-8,11,13,15-16,22,27H,4,9-10,12H2,1-3H3/t22-/m0/s1. The fourth-order valence-corrected chi connectivity index (χ4v) is 5.02. The van der Waals surface area contributed by atoms with Gasteiger partial charge in [0.15, 0.2) is 0 Å². The van der Waals surface area contributed by atoms with E-state index in [1.807, 2.05) is 38.2 Å². The van der Waals surface area contributed by atoms with Crippen LogP contribution in [0.3, 0.4) is 0 Å². The average molecular weight is 418 g/mol. The first-order valence-corrected chi connectivity index (χ1v) is 11.4. The second-order valence-electron chi connectivity index (χ2n) is 7.94. The lowest BCUT2D eigenvalue weighted by atomic mass is 10.0. The largest absolute Gasteiger partial charge is 0.490 e. The second-order valence-corrected chi connectivity index (χ2v) is 8.97. The van der Waals surface area contributed by atoms with E-state index in [9.17, 15) is 5.26 Å². The highest BCUT2D eigenvalue weighted by molar-refractivity contribution is 7.18. The number of aromatic nitrogens is 1. The SMILES string of the molecule is CCCN[C@H]1CCc2c(-c3cnc(-c4ccc(OC(C)C)c(C#N)c4)s3)cccc21. The molecule has 0 amide bonds. The molecule has 1 aliphatic rings. The Morgan fingerprint density at radius 3 is 2.93 bits per heavy atom. The second kappa shape index (κ2) is 8.99. The Balaban J connectivity index is 1.63. The van der Waals surface area contributed by atoms with Gasteiger partial charge < -0.3 is 10.1 Å². The minimum atomic E-state index is 0.0326. The van der Waals surface area contributed by atoms with Crippen LogP contribution in [-0.2, 0) is 6.42 Å². The first kappa shape index (κ1) is 20.6. The minimum Gasteiger partial charge on any atom is -0.490 e. The molecule has 30 heavy (non-hydrogen) atoms. The third kappa shape index (κ3) is 4.12. The molecule has 4 nitrogen and oxygen atoms in total. The van der Waals surface area contributed by atoms with E-state index in [4.69, 9.17) is 4.74 Å². The lowest BCUT2D eigenvalue weighted by Crippen LogP contribution is -2.19. The van der Waals surface area contributed by atoms with Crippen LogP contribution in [0.2, 0.25) is 0 Å². The van der Waals surface area contributed by atoms with Gasteiger partial charge in [0.2, 0.25) is 0 Å². The summed E-state index contributed by atoms with van der Waals surface area (Å²) >= 11 is 1.68. The third-order valence-corrected chi connectivity index (χ3v) is 6.47. The maximum Gasteiger partial charge on any atom is 0.137 e. The molecule has 0 radical (unpaired) electrons. The zero-order valence-electron chi connectivity index (χ0n) is 17.7. The summed E-state index contributed by atoms with van der Waals surface area (Å²) in [5.41, 5.74) is 5.66. The highest BCUT2D eigenvalue weighted by Gasteiger charge is 2.25. The van der Waals surface area contributed by atoms with E-state index in [2.05, 4.69) is 41.5 Å². The van der Waals surface area contributed by atoms with E-state index >= 15 is 0 Å². The Morgan fingerprint density at radius 2 is 2.17 bits per heavy atom. The van der Waals surface area contributed by atoms with Gasteiger partial charge in [0.25, 0.3) is 0 Å².